The molecule has 16 heavy (non-hydrogen) atoms. The molecular formula is C14H17NO. The minimum atomic E-state index is 0.0840. The van der Waals surface area contributed by atoms with Gasteiger partial charge < -0.3 is 5.11 Å². The summed E-state index contributed by atoms with van der Waals surface area (Å²) in [6.07, 6.45) is 3.81. The van der Waals surface area contributed by atoms with Crippen molar-refractivity contribution in [2.75, 3.05) is 0 Å². The molecule has 0 radical (unpaired) electrons. The highest BCUT2D eigenvalue weighted by atomic mass is 16.3. The number of nitrogens with zero attached hydrogens (tertiary/aromatic N) is 1. The van der Waals surface area contributed by atoms with E-state index >= 15 is 0 Å². The summed E-state index contributed by atoms with van der Waals surface area (Å²) in [5.74, 6) is 0.723. The van der Waals surface area contributed by atoms with E-state index in [1.807, 2.05) is 24.3 Å². The van der Waals surface area contributed by atoms with E-state index < -0.39 is 0 Å². The molecule has 0 atom stereocenters. The van der Waals surface area contributed by atoms with Crippen LogP contribution in [0.4, 0.5) is 5.69 Å². The lowest BCUT2D eigenvalue weighted by atomic mass is 9.82. The van der Waals surface area contributed by atoms with Crippen molar-refractivity contribution in [3.8, 4) is 0 Å². The molecule has 0 heterocycles. The molecular weight excluding hydrogens is 198 g/mol. The molecule has 0 unspecified atom stereocenters. The van der Waals surface area contributed by atoms with Crippen LogP contribution in [0.2, 0.25) is 0 Å². The third-order valence-corrected chi connectivity index (χ3v) is 3.21. The minimum Gasteiger partial charge on any atom is -0.508 e. The van der Waals surface area contributed by atoms with Gasteiger partial charge in [0.1, 0.15) is 5.76 Å². The van der Waals surface area contributed by atoms with E-state index in [9.17, 15) is 5.11 Å². The maximum atomic E-state index is 9.46. The number of hydrogen-bond acceptors (Lipinski definition) is 2. The SMILES string of the molecule is C=C(O)c1ccccc1N=C(C)C1CCC1. The van der Waals surface area contributed by atoms with Crippen molar-refractivity contribution in [1.29, 1.82) is 0 Å². The van der Waals surface area contributed by atoms with Gasteiger partial charge in [-0.15, -0.1) is 0 Å². The molecule has 0 bridgehead atoms. The van der Waals surface area contributed by atoms with Crippen molar-refractivity contribution < 1.29 is 5.11 Å². The second kappa shape index (κ2) is 4.52. The molecule has 1 aromatic rings. The lowest BCUT2D eigenvalue weighted by molar-refractivity contribution is 0.412. The van der Waals surface area contributed by atoms with Gasteiger partial charge in [0.2, 0.25) is 0 Å². The normalized spacial score (nSPS) is 16.9. The van der Waals surface area contributed by atoms with Gasteiger partial charge in [0.05, 0.1) is 5.69 Å². The molecule has 0 spiro atoms. The summed E-state index contributed by atoms with van der Waals surface area (Å²) in [6, 6.07) is 7.57. The predicted octanol–water partition coefficient (Wildman–Crippen LogP) is 4.11. The van der Waals surface area contributed by atoms with Crippen LogP contribution in [0.5, 0.6) is 0 Å². The summed E-state index contributed by atoms with van der Waals surface area (Å²) in [7, 11) is 0. The minimum absolute atomic E-state index is 0.0840. The number of hydrogen-bond donors (Lipinski definition) is 1. The fraction of sp³-hybridized carbons (Fsp3) is 0.357. The van der Waals surface area contributed by atoms with Crippen LogP contribution in [0.25, 0.3) is 5.76 Å². The number of rotatable bonds is 3. The molecule has 1 fully saturated rings. The van der Waals surface area contributed by atoms with Crippen LogP contribution < -0.4 is 0 Å². The predicted molar refractivity (Wildman–Crippen MR) is 68.2 cm³/mol. The van der Waals surface area contributed by atoms with Crippen LogP contribution in [0, 0.1) is 5.92 Å². The maximum absolute atomic E-state index is 9.46. The Morgan fingerprint density at radius 1 is 1.38 bits per heavy atom. The first-order chi connectivity index (χ1) is 7.68. The molecule has 2 rings (SSSR count). The third-order valence-electron chi connectivity index (χ3n) is 3.21. The zero-order valence-electron chi connectivity index (χ0n) is 9.61. The Kier molecular flexibility index (Phi) is 3.09. The number of aliphatic imine (C=N–C) groups is 1. The van der Waals surface area contributed by atoms with Crippen LogP contribution >= 0.6 is 0 Å². The van der Waals surface area contributed by atoms with Gasteiger partial charge in [0.15, 0.2) is 0 Å². The van der Waals surface area contributed by atoms with Crippen molar-refractivity contribution in [3.63, 3.8) is 0 Å². The van der Waals surface area contributed by atoms with Crippen molar-refractivity contribution in [1.82, 2.24) is 0 Å². The molecule has 0 saturated heterocycles. The molecule has 1 aliphatic rings. The Hall–Kier alpha value is -1.57. The molecule has 0 amide bonds. The molecule has 1 aromatic carbocycles. The molecule has 2 heteroatoms. The standard InChI is InChI=1S/C14H17NO/c1-10(12-6-5-7-12)15-14-9-4-3-8-13(14)11(2)16/h3-4,8-9,12,16H,2,5-7H2,1H3. The third kappa shape index (κ3) is 2.16. The van der Waals surface area contributed by atoms with E-state index in [-0.39, 0.29) is 5.76 Å². The van der Waals surface area contributed by atoms with Crippen molar-refractivity contribution in [2.45, 2.75) is 26.2 Å². The maximum Gasteiger partial charge on any atom is 0.117 e. The van der Waals surface area contributed by atoms with E-state index in [4.69, 9.17) is 0 Å². The molecule has 84 valence electrons. The number of aliphatic hydroxyl groups is 1. The number of para-hydroxylation sites is 1. The van der Waals surface area contributed by atoms with Crippen LogP contribution in [0.3, 0.4) is 0 Å². The highest BCUT2D eigenvalue weighted by molar-refractivity contribution is 5.88. The van der Waals surface area contributed by atoms with E-state index in [1.165, 1.54) is 25.0 Å². The van der Waals surface area contributed by atoms with Gasteiger partial charge >= 0.3 is 0 Å². The topological polar surface area (TPSA) is 32.6 Å². The summed E-state index contributed by atoms with van der Waals surface area (Å²) in [5.41, 5.74) is 2.71. The van der Waals surface area contributed by atoms with Crippen LogP contribution in [-0.2, 0) is 0 Å². The molecule has 1 saturated carbocycles. The lowest BCUT2D eigenvalue weighted by Crippen LogP contribution is -2.19. The van der Waals surface area contributed by atoms with Gasteiger partial charge in [-0.1, -0.05) is 25.1 Å². The van der Waals surface area contributed by atoms with Gasteiger partial charge in [-0.05, 0) is 37.8 Å². The van der Waals surface area contributed by atoms with Gasteiger partial charge in [0.25, 0.3) is 0 Å². The summed E-state index contributed by atoms with van der Waals surface area (Å²) in [5, 5.41) is 9.46. The summed E-state index contributed by atoms with van der Waals surface area (Å²) in [4.78, 5) is 4.60. The zero-order valence-corrected chi connectivity index (χ0v) is 9.61. The smallest absolute Gasteiger partial charge is 0.117 e. The monoisotopic (exact) mass is 215 g/mol. The summed E-state index contributed by atoms with van der Waals surface area (Å²) in [6.45, 7) is 5.63. The molecule has 0 aromatic heterocycles. The van der Waals surface area contributed by atoms with E-state index in [2.05, 4.69) is 18.5 Å². The molecule has 0 aliphatic heterocycles. The Balaban J connectivity index is 2.29. The van der Waals surface area contributed by atoms with Crippen LogP contribution in [-0.4, -0.2) is 10.8 Å². The largest absolute Gasteiger partial charge is 0.508 e. The Morgan fingerprint density at radius 3 is 2.62 bits per heavy atom. The fourth-order valence-electron chi connectivity index (χ4n) is 1.92. The van der Waals surface area contributed by atoms with Gasteiger partial charge in [-0.3, -0.25) is 4.99 Å². The lowest BCUT2D eigenvalue weighted by Gasteiger charge is -2.25. The Bertz CT molecular complexity index is 430. The average Bonchev–Trinajstić information content (AvgIpc) is 2.15. The van der Waals surface area contributed by atoms with Gasteiger partial charge in [0, 0.05) is 11.3 Å². The van der Waals surface area contributed by atoms with E-state index in [0.717, 1.165) is 11.3 Å². The highest BCUT2D eigenvalue weighted by Crippen LogP contribution is 2.30. The van der Waals surface area contributed by atoms with Crippen molar-refractivity contribution in [2.24, 2.45) is 10.9 Å². The van der Waals surface area contributed by atoms with E-state index in [1.54, 1.807) is 0 Å². The molecule has 2 nitrogen and oxygen atoms in total. The van der Waals surface area contributed by atoms with Gasteiger partial charge in [-0.25, -0.2) is 0 Å². The molecule has 1 aliphatic carbocycles. The van der Waals surface area contributed by atoms with Crippen LogP contribution in [0.1, 0.15) is 31.7 Å². The average molecular weight is 215 g/mol. The first-order valence-corrected chi connectivity index (χ1v) is 5.71. The number of benzene rings is 1. The van der Waals surface area contributed by atoms with Gasteiger partial charge in [-0.2, -0.15) is 0 Å². The quantitative estimate of drug-likeness (QED) is 0.597. The number of aliphatic hydroxyl groups excluding tert-OH is 1. The first-order valence-electron chi connectivity index (χ1n) is 5.71. The van der Waals surface area contributed by atoms with Crippen molar-refractivity contribution in [3.05, 3.63) is 36.4 Å². The zero-order chi connectivity index (χ0) is 11.5. The second-order valence-corrected chi connectivity index (χ2v) is 4.34. The first kappa shape index (κ1) is 10.9. The Labute approximate surface area is 96.3 Å². The highest BCUT2D eigenvalue weighted by Gasteiger charge is 2.20. The summed E-state index contributed by atoms with van der Waals surface area (Å²) >= 11 is 0. The van der Waals surface area contributed by atoms with Crippen LogP contribution in [0.15, 0.2) is 35.8 Å². The van der Waals surface area contributed by atoms with Crippen molar-refractivity contribution >= 4 is 17.2 Å². The Morgan fingerprint density at radius 2 is 2.06 bits per heavy atom. The summed E-state index contributed by atoms with van der Waals surface area (Å²) < 4.78 is 0. The molecule has 1 N–H and O–H groups in total. The fourth-order valence-corrected chi connectivity index (χ4v) is 1.92. The second-order valence-electron chi connectivity index (χ2n) is 4.34. The van der Waals surface area contributed by atoms with E-state index in [0.29, 0.717) is 5.92 Å².